The third kappa shape index (κ3) is 3.56. The maximum Gasteiger partial charge on any atom is 0.330 e. The quantitative estimate of drug-likeness (QED) is 0.603. The van der Waals surface area contributed by atoms with E-state index in [1.807, 2.05) is 24.3 Å². The van der Waals surface area contributed by atoms with Gasteiger partial charge in [0.1, 0.15) is 0 Å². The van der Waals surface area contributed by atoms with Gasteiger partial charge in [0, 0.05) is 11.5 Å². The number of rotatable bonds is 6. The summed E-state index contributed by atoms with van der Waals surface area (Å²) in [6.45, 7) is 2.13. The summed E-state index contributed by atoms with van der Waals surface area (Å²) in [5.41, 5.74) is 0.875. The first-order chi connectivity index (χ1) is 11.1. The van der Waals surface area contributed by atoms with Crippen LogP contribution in [0.15, 0.2) is 30.3 Å². The molecular weight excluding hydrogens is 296 g/mol. The number of hydrogen-bond acceptors (Lipinski definition) is 5. The lowest BCUT2D eigenvalue weighted by atomic mass is 10.0. The molecule has 0 saturated carbocycles. The fourth-order valence-electron chi connectivity index (χ4n) is 2.35. The predicted octanol–water partition coefficient (Wildman–Crippen LogP) is 3.44. The lowest BCUT2D eigenvalue weighted by Crippen LogP contribution is -1.98. The van der Waals surface area contributed by atoms with Crippen LogP contribution in [0.2, 0.25) is 0 Å². The van der Waals surface area contributed by atoms with Gasteiger partial charge in [0.15, 0.2) is 11.5 Å². The summed E-state index contributed by atoms with van der Waals surface area (Å²) in [6, 6.07) is 7.63. The monoisotopic (exact) mass is 316 g/mol. The molecule has 23 heavy (non-hydrogen) atoms. The van der Waals surface area contributed by atoms with Crippen LogP contribution in [0.25, 0.3) is 16.8 Å². The maximum atomic E-state index is 11.4. The summed E-state index contributed by atoms with van der Waals surface area (Å²) >= 11 is 0. The topological polar surface area (TPSA) is 54.0 Å². The average Bonchev–Trinajstić information content (AvgIpc) is 2.57. The Hall–Kier alpha value is -2.69. The van der Waals surface area contributed by atoms with Crippen molar-refractivity contribution < 1.29 is 23.7 Å². The second-order valence-electron chi connectivity index (χ2n) is 4.71. The lowest BCUT2D eigenvalue weighted by Gasteiger charge is -2.15. The molecule has 0 atom stereocenters. The van der Waals surface area contributed by atoms with Gasteiger partial charge < -0.3 is 18.9 Å². The molecule has 2 aromatic rings. The summed E-state index contributed by atoms with van der Waals surface area (Å²) < 4.78 is 21.1. The fourth-order valence-corrected chi connectivity index (χ4v) is 2.35. The van der Waals surface area contributed by atoms with Crippen LogP contribution in [0.3, 0.4) is 0 Å². The molecule has 2 rings (SSSR count). The van der Waals surface area contributed by atoms with Crippen LogP contribution < -0.4 is 14.2 Å². The van der Waals surface area contributed by atoms with Crippen LogP contribution in [0.4, 0.5) is 0 Å². The Kier molecular flexibility index (Phi) is 5.46. The zero-order valence-electron chi connectivity index (χ0n) is 13.7. The van der Waals surface area contributed by atoms with Gasteiger partial charge in [0.05, 0.1) is 27.9 Å². The maximum absolute atomic E-state index is 11.4. The van der Waals surface area contributed by atoms with Gasteiger partial charge in [-0.2, -0.15) is 0 Å². The van der Waals surface area contributed by atoms with Crippen molar-refractivity contribution in [3.8, 4) is 17.2 Å². The number of hydrogen-bond donors (Lipinski definition) is 0. The van der Waals surface area contributed by atoms with Crippen molar-refractivity contribution in [3.63, 3.8) is 0 Å². The van der Waals surface area contributed by atoms with Crippen LogP contribution >= 0.6 is 0 Å². The van der Waals surface area contributed by atoms with E-state index in [9.17, 15) is 4.79 Å². The summed E-state index contributed by atoms with van der Waals surface area (Å²) in [5, 5.41) is 1.82. The molecule has 0 radical (unpaired) electrons. The Bertz CT molecular complexity index is 734. The minimum atomic E-state index is -0.363. The number of ether oxygens (including phenoxy) is 4. The standard InChI is InChI=1S/C18H20O5/c1-5-23-16(19)9-7-12-6-8-14-13(10-12)11-15(20-2)18(22-4)17(14)21-3/h6-11H,5H2,1-4H3. The van der Waals surface area contributed by atoms with Crippen LogP contribution in [0, 0.1) is 0 Å². The van der Waals surface area contributed by atoms with E-state index in [-0.39, 0.29) is 5.97 Å². The Morgan fingerprint density at radius 2 is 1.78 bits per heavy atom. The van der Waals surface area contributed by atoms with Gasteiger partial charge in [0.25, 0.3) is 0 Å². The van der Waals surface area contributed by atoms with Crippen LogP contribution in [-0.4, -0.2) is 33.9 Å². The Labute approximate surface area is 135 Å². The minimum absolute atomic E-state index is 0.356. The highest BCUT2D eigenvalue weighted by Gasteiger charge is 2.15. The first-order valence-electron chi connectivity index (χ1n) is 7.22. The van der Waals surface area contributed by atoms with Gasteiger partial charge >= 0.3 is 5.97 Å². The molecule has 122 valence electrons. The van der Waals surface area contributed by atoms with Gasteiger partial charge in [-0.25, -0.2) is 4.79 Å². The molecule has 0 bridgehead atoms. The lowest BCUT2D eigenvalue weighted by molar-refractivity contribution is -0.137. The molecule has 0 spiro atoms. The third-order valence-corrected chi connectivity index (χ3v) is 3.36. The SMILES string of the molecule is CCOC(=O)C=Cc1ccc2c(OC)c(OC)c(OC)cc2c1. The van der Waals surface area contributed by atoms with E-state index < -0.39 is 0 Å². The van der Waals surface area contributed by atoms with Crippen molar-refractivity contribution >= 4 is 22.8 Å². The largest absolute Gasteiger partial charge is 0.493 e. The van der Waals surface area contributed by atoms with Crippen LogP contribution in [-0.2, 0) is 9.53 Å². The molecule has 0 heterocycles. The van der Waals surface area contributed by atoms with Crippen LogP contribution in [0.1, 0.15) is 12.5 Å². The number of benzene rings is 2. The van der Waals surface area contributed by atoms with Gasteiger partial charge in [0.2, 0.25) is 5.75 Å². The van der Waals surface area contributed by atoms with Crippen molar-refractivity contribution in [2.24, 2.45) is 0 Å². The molecule has 0 amide bonds. The number of carbonyl (C=O) groups is 1. The molecule has 0 N–H and O–H groups in total. The highest BCUT2D eigenvalue weighted by Crippen LogP contribution is 2.43. The van der Waals surface area contributed by atoms with E-state index >= 15 is 0 Å². The minimum Gasteiger partial charge on any atom is -0.493 e. The zero-order valence-corrected chi connectivity index (χ0v) is 13.7. The van der Waals surface area contributed by atoms with Crippen molar-refractivity contribution in [3.05, 3.63) is 35.9 Å². The van der Waals surface area contributed by atoms with Gasteiger partial charge in [-0.3, -0.25) is 0 Å². The fraction of sp³-hybridized carbons (Fsp3) is 0.278. The molecule has 0 aliphatic rings. The zero-order chi connectivity index (χ0) is 16.8. The summed E-state index contributed by atoms with van der Waals surface area (Å²) in [7, 11) is 4.74. The summed E-state index contributed by atoms with van der Waals surface area (Å²) in [4.78, 5) is 11.4. The summed E-state index contributed by atoms with van der Waals surface area (Å²) in [5.74, 6) is 1.39. The van der Waals surface area contributed by atoms with E-state index in [1.165, 1.54) is 6.08 Å². The summed E-state index contributed by atoms with van der Waals surface area (Å²) in [6.07, 6.45) is 3.11. The molecule has 2 aromatic carbocycles. The average molecular weight is 316 g/mol. The normalized spacial score (nSPS) is 10.8. The molecular formula is C18H20O5. The van der Waals surface area contributed by atoms with Crippen molar-refractivity contribution in [1.82, 2.24) is 0 Å². The van der Waals surface area contributed by atoms with Crippen LogP contribution in [0.5, 0.6) is 17.2 Å². The number of esters is 1. The van der Waals surface area contributed by atoms with Gasteiger partial charge in [-0.05, 0) is 42.1 Å². The second kappa shape index (κ2) is 7.54. The molecule has 0 saturated heterocycles. The number of methoxy groups -OCH3 is 3. The van der Waals surface area contributed by atoms with Crippen molar-refractivity contribution in [2.45, 2.75) is 6.92 Å². The van der Waals surface area contributed by atoms with Gasteiger partial charge in [-0.1, -0.05) is 6.07 Å². The van der Waals surface area contributed by atoms with E-state index in [2.05, 4.69) is 0 Å². The van der Waals surface area contributed by atoms with Crippen molar-refractivity contribution in [1.29, 1.82) is 0 Å². The predicted molar refractivity (Wildman–Crippen MR) is 89.3 cm³/mol. The molecule has 5 heteroatoms. The van der Waals surface area contributed by atoms with E-state index in [4.69, 9.17) is 18.9 Å². The van der Waals surface area contributed by atoms with E-state index in [0.29, 0.717) is 23.9 Å². The molecule has 0 fully saturated rings. The number of carbonyl (C=O) groups excluding carboxylic acids is 1. The van der Waals surface area contributed by atoms with E-state index in [0.717, 1.165) is 16.3 Å². The third-order valence-electron chi connectivity index (χ3n) is 3.36. The molecule has 0 aliphatic carbocycles. The van der Waals surface area contributed by atoms with Crippen molar-refractivity contribution in [2.75, 3.05) is 27.9 Å². The molecule has 0 aliphatic heterocycles. The highest BCUT2D eigenvalue weighted by molar-refractivity contribution is 5.95. The Balaban J connectivity index is 2.49. The second-order valence-corrected chi connectivity index (χ2v) is 4.71. The Morgan fingerprint density at radius 3 is 2.39 bits per heavy atom. The smallest absolute Gasteiger partial charge is 0.330 e. The van der Waals surface area contributed by atoms with E-state index in [1.54, 1.807) is 34.3 Å². The first-order valence-corrected chi connectivity index (χ1v) is 7.22. The molecule has 0 unspecified atom stereocenters. The first kappa shape index (κ1) is 16.7. The molecule has 5 nitrogen and oxygen atoms in total. The highest BCUT2D eigenvalue weighted by atomic mass is 16.5. The number of fused-ring (bicyclic) bond motifs is 1. The van der Waals surface area contributed by atoms with Gasteiger partial charge in [-0.15, -0.1) is 0 Å². The Morgan fingerprint density at radius 1 is 1.04 bits per heavy atom. The molecule has 0 aromatic heterocycles.